The zero-order valence-electron chi connectivity index (χ0n) is 8.89. The van der Waals surface area contributed by atoms with Crippen molar-refractivity contribution in [1.82, 2.24) is 4.90 Å². The predicted octanol–water partition coefficient (Wildman–Crippen LogP) is 1.85. The molecule has 16 heavy (non-hydrogen) atoms. The van der Waals surface area contributed by atoms with E-state index in [1.807, 2.05) is 6.92 Å². The molecule has 86 valence electrons. The van der Waals surface area contributed by atoms with Gasteiger partial charge in [0.25, 0.3) is 5.91 Å². The normalized spacial score (nSPS) is 26.1. The van der Waals surface area contributed by atoms with Gasteiger partial charge in [-0.2, -0.15) is 0 Å². The van der Waals surface area contributed by atoms with Crippen LogP contribution in [0.4, 0.5) is 0 Å². The van der Waals surface area contributed by atoms with Gasteiger partial charge in [-0.25, -0.2) is 4.79 Å². The Morgan fingerprint density at radius 1 is 1.69 bits per heavy atom. The van der Waals surface area contributed by atoms with E-state index in [2.05, 4.69) is 0 Å². The molecule has 0 aromatic rings. The Morgan fingerprint density at radius 3 is 2.88 bits per heavy atom. The number of carboxylic acid groups (broad SMARTS) is 1. The molecule has 0 aliphatic carbocycles. The number of nitrogens with zero attached hydrogens (tertiary/aromatic N) is 1. The van der Waals surface area contributed by atoms with Crippen LogP contribution in [0, 0.1) is 0 Å². The van der Waals surface area contributed by atoms with Gasteiger partial charge in [-0.1, -0.05) is 24.8 Å². The van der Waals surface area contributed by atoms with E-state index >= 15 is 0 Å². The zero-order valence-corrected chi connectivity index (χ0v) is 10.5. The first-order valence-electron chi connectivity index (χ1n) is 4.88. The minimum atomic E-state index is -1.02. The highest BCUT2D eigenvalue weighted by Gasteiger charge is 2.52. The summed E-state index contributed by atoms with van der Waals surface area (Å²) in [6.07, 6.45) is 1.76. The average molecular weight is 257 g/mol. The van der Waals surface area contributed by atoms with Crippen LogP contribution in [0.1, 0.15) is 13.8 Å². The molecule has 2 heterocycles. The summed E-state index contributed by atoms with van der Waals surface area (Å²) < 4.78 is 0.741. The standard InChI is InChI=1S/C10H11NO3S2/c1-3-5-7(12)11-6(9(13)14)10(15-4-2)16-8(5)11/h3,8H,4H2,1-2H3,(H,13,14)/b5-3-/t8-/m1/s1. The summed E-state index contributed by atoms with van der Waals surface area (Å²) in [6, 6.07) is 0. The molecule has 2 rings (SSSR count). The van der Waals surface area contributed by atoms with E-state index in [1.54, 1.807) is 13.0 Å². The van der Waals surface area contributed by atoms with E-state index in [-0.39, 0.29) is 17.0 Å². The van der Waals surface area contributed by atoms with Crippen LogP contribution in [0.3, 0.4) is 0 Å². The molecule has 1 fully saturated rings. The molecule has 1 saturated heterocycles. The number of carboxylic acids is 1. The molecule has 0 radical (unpaired) electrons. The van der Waals surface area contributed by atoms with Crippen molar-refractivity contribution in [2.45, 2.75) is 19.2 Å². The number of hydrogen-bond acceptors (Lipinski definition) is 4. The highest BCUT2D eigenvalue weighted by atomic mass is 32.2. The monoisotopic (exact) mass is 257 g/mol. The predicted molar refractivity (Wildman–Crippen MR) is 64.8 cm³/mol. The summed E-state index contributed by atoms with van der Waals surface area (Å²) in [4.78, 5) is 24.2. The van der Waals surface area contributed by atoms with Crippen LogP contribution in [0.5, 0.6) is 0 Å². The molecular formula is C10H11NO3S2. The highest BCUT2D eigenvalue weighted by molar-refractivity contribution is 8.22. The number of hydrogen-bond donors (Lipinski definition) is 1. The van der Waals surface area contributed by atoms with Crippen molar-refractivity contribution in [1.29, 1.82) is 0 Å². The molecule has 6 heteroatoms. The lowest BCUT2D eigenvalue weighted by molar-refractivity contribution is -0.141. The summed E-state index contributed by atoms with van der Waals surface area (Å²) in [7, 11) is 0. The van der Waals surface area contributed by atoms with Crippen molar-refractivity contribution in [2.75, 3.05) is 5.75 Å². The molecule has 0 aromatic carbocycles. The van der Waals surface area contributed by atoms with Crippen molar-refractivity contribution < 1.29 is 14.7 Å². The largest absolute Gasteiger partial charge is 0.477 e. The molecule has 1 amide bonds. The van der Waals surface area contributed by atoms with Crippen LogP contribution in [0.15, 0.2) is 21.6 Å². The van der Waals surface area contributed by atoms with Crippen molar-refractivity contribution in [2.24, 2.45) is 0 Å². The number of β-lactam (4-membered cyclic amide) rings is 1. The number of carbonyl (C=O) groups excluding carboxylic acids is 1. The van der Waals surface area contributed by atoms with Gasteiger partial charge in [-0.05, 0) is 12.7 Å². The van der Waals surface area contributed by atoms with Gasteiger partial charge in [-0.15, -0.1) is 11.8 Å². The van der Waals surface area contributed by atoms with Gasteiger partial charge >= 0.3 is 5.97 Å². The number of amides is 1. The van der Waals surface area contributed by atoms with Gasteiger partial charge in [0.05, 0.1) is 4.24 Å². The summed E-state index contributed by atoms with van der Waals surface area (Å²) in [5.74, 6) is -0.391. The third-order valence-electron chi connectivity index (χ3n) is 2.41. The van der Waals surface area contributed by atoms with Gasteiger partial charge in [0.15, 0.2) is 5.70 Å². The first kappa shape index (κ1) is 11.6. The fourth-order valence-electron chi connectivity index (χ4n) is 1.70. The minimum absolute atomic E-state index is 0.113. The van der Waals surface area contributed by atoms with Crippen molar-refractivity contribution in [3.05, 3.63) is 21.6 Å². The molecule has 0 spiro atoms. The first-order valence-corrected chi connectivity index (χ1v) is 6.75. The average Bonchev–Trinajstić information content (AvgIpc) is 2.55. The van der Waals surface area contributed by atoms with Gasteiger partial charge in [0, 0.05) is 5.57 Å². The van der Waals surface area contributed by atoms with Crippen molar-refractivity contribution in [3.8, 4) is 0 Å². The number of allylic oxidation sites excluding steroid dienone is 1. The molecule has 0 saturated carbocycles. The Hall–Kier alpha value is -0.880. The van der Waals surface area contributed by atoms with Gasteiger partial charge in [-0.3, -0.25) is 9.69 Å². The SMILES string of the molecule is C/C=C1/C(=O)N2C(C(=O)O)=C(SCC)S[C@H]12. The number of thioether (sulfide) groups is 2. The Bertz CT molecular complexity index is 428. The second-order valence-electron chi connectivity index (χ2n) is 3.26. The summed E-state index contributed by atoms with van der Waals surface area (Å²) in [6.45, 7) is 3.77. The van der Waals surface area contributed by atoms with Gasteiger partial charge in [0.2, 0.25) is 0 Å². The van der Waals surface area contributed by atoms with Crippen molar-refractivity contribution in [3.63, 3.8) is 0 Å². The number of carbonyl (C=O) groups is 2. The Balaban J connectivity index is 2.33. The van der Waals surface area contributed by atoms with E-state index in [0.29, 0.717) is 5.57 Å². The topological polar surface area (TPSA) is 57.6 Å². The molecule has 0 unspecified atom stereocenters. The third kappa shape index (κ3) is 1.48. The number of rotatable bonds is 3. The quantitative estimate of drug-likeness (QED) is 0.617. The summed E-state index contributed by atoms with van der Waals surface area (Å²) in [5, 5.41) is 9.00. The Labute approximate surface area is 102 Å². The molecule has 2 aliphatic rings. The van der Waals surface area contributed by atoms with E-state index in [9.17, 15) is 9.59 Å². The lowest BCUT2D eigenvalue weighted by Crippen LogP contribution is -2.51. The summed E-state index contributed by atoms with van der Waals surface area (Å²) in [5.41, 5.74) is 0.855. The van der Waals surface area contributed by atoms with Crippen LogP contribution in [0.2, 0.25) is 0 Å². The van der Waals surface area contributed by atoms with Crippen LogP contribution < -0.4 is 0 Å². The molecule has 4 nitrogen and oxygen atoms in total. The molecule has 1 N–H and O–H groups in total. The maximum absolute atomic E-state index is 11.7. The van der Waals surface area contributed by atoms with E-state index in [1.165, 1.54) is 28.4 Å². The second kappa shape index (κ2) is 4.18. The van der Waals surface area contributed by atoms with Crippen LogP contribution in [-0.2, 0) is 9.59 Å². The lowest BCUT2D eigenvalue weighted by Gasteiger charge is -2.36. The first-order chi connectivity index (χ1) is 7.61. The van der Waals surface area contributed by atoms with Gasteiger partial charge in [0.1, 0.15) is 5.37 Å². The fourth-order valence-corrected chi connectivity index (χ4v) is 4.36. The highest BCUT2D eigenvalue weighted by Crippen LogP contribution is 2.52. The van der Waals surface area contributed by atoms with E-state index < -0.39 is 5.97 Å². The second-order valence-corrected chi connectivity index (χ2v) is 5.89. The fraction of sp³-hybridized carbons (Fsp3) is 0.400. The van der Waals surface area contributed by atoms with Crippen LogP contribution >= 0.6 is 23.5 Å². The maximum atomic E-state index is 11.7. The van der Waals surface area contributed by atoms with Crippen LogP contribution in [-0.4, -0.2) is 33.0 Å². The molecule has 0 bridgehead atoms. The van der Waals surface area contributed by atoms with E-state index in [0.717, 1.165) is 9.99 Å². The molecular weight excluding hydrogens is 246 g/mol. The molecule has 0 aromatic heterocycles. The summed E-state index contributed by atoms with van der Waals surface area (Å²) >= 11 is 2.93. The molecule has 1 atom stereocenters. The maximum Gasteiger partial charge on any atom is 0.354 e. The van der Waals surface area contributed by atoms with E-state index in [4.69, 9.17) is 5.11 Å². The Morgan fingerprint density at radius 2 is 2.38 bits per heavy atom. The zero-order chi connectivity index (χ0) is 11.9. The van der Waals surface area contributed by atoms with Crippen LogP contribution in [0.25, 0.3) is 0 Å². The smallest absolute Gasteiger partial charge is 0.354 e. The minimum Gasteiger partial charge on any atom is -0.477 e. The number of aliphatic carboxylic acids is 1. The number of fused-ring (bicyclic) bond motifs is 1. The Kier molecular flexibility index (Phi) is 3.03. The third-order valence-corrected chi connectivity index (χ3v) is 4.89. The molecule has 2 aliphatic heterocycles. The van der Waals surface area contributed by atoms with Crippen molar-refractivity contribution >= 4 is 35.4 Å². The van der Waals surface area contributed by atoms with Gasteiger partial charge < -0.3 is 5.11 Å². The lowest BCUT2D eigenvalue weighted by atomic mass is 10.1.